The molecule has 1 rings (SSSR count). The summed E-state index contributed by atoms with van der Waals surface area (Å²) < 4.78 is 30.0. The second kappa shape index (κ2) is 6.43. The molecular weight excluding hydrogens is 278 g/mol. The lowest BCUT2D eigenvalue weighted by Gasteiger charge is -2.33. The number of hydrogen-bond acceptors (Lipinski definition) is 5. The van der Waals surface area contributed by atoms with Crippen molar-refractivity contribution in [1.82, 2.24) is 0 Å². The zero-order valence-corrected chi connectivity index (χ0v) is 13.7. The Morgan fingerprint density at radius 1 is 1.30 bits per heavy atom. The van der Waals surface area contributed by atoms with Gasteiger partial charge in [-0.05, 0) is 52.0 Å². The number of nitrogens with two attached hydrogens (primary N) is 1. The predicted octanol–water partition coefficient (Wildman–Crippen LogP) is 1.51. The van der Waals surface area contributed by atoms with Gasteiger partial charge in [0, 0.05) is 0 Å². The maximum Gasteiger partial charge on any atom is 0.321 e. The summed E-state index contributed by atoms with van der Waals surface area (Å²) in [7, 11) is -3.50. The molecule has 2 N–H and O–H groups in total. The van der Waals surface area contributed by atoms with Gasteiger partial charge < -0.3 is 10.5 Å². The largest absolute Gasteiger partial charge is 0.459 e. The van der Waals surface area contributed by atoms with Crippen LogP contribution in [0.25, 0.3) is 0 Å². The van der Waals surface area contributed by atoms with Crippen molar-refractivity contribution in [1.29, 1.82) is 0 Å². The van der Waals surface area contributed by atoms with Crippen molar-refractivity contribution < 1.29 is 17.9 Å². The average molecular weight is 305 g/mol. The van der Waals surface area contributed by atoms with Gasteiger partial charge in [-0.25, -0.2) is 8.42 Å². The van der Waals surface area contributed by atoms with Gasteiger partial charge in [-0.15, -0.1) is 0 Å². The molecular formula is C14H27NO4S. The summed E-state index contributed by atoms with van der Waals surface area (Å²) in [4.78, 5) is 11.8. The van der Waals surface area contributed by atoms with Crippen molar-refractivity contribution in [3.8, 4) is 0 Å². The zero-order chi connectivity index (χ0) is 15.6. The third kappa shape index (κ3) is 5.05. The van der Waals surface area contributed by atoms with E-state index in [1.807, 2.05) is 6.92 Å². The first kappa shape index (κ1) is 17.4. The van der Waals surface area contributed by atoms with Gasteiger partial charge in [-0.3, -0.25) is 4.79 Å². The highest BCUT2D eigenvalue weighted by Gasteiger charge is 2.38. The highest BCUT2D eigenvalue weighted by molar-refractivity contribution is 7.92. The summed E-state index contributed by atoms with van der Waals surface area (Å²) in [5.74, 6) is -0.903. The Hall–Kier alpha value is -0.620. The molecule has 1 saturated carbocycles. The van der Waals surface area contributed by atoms with Crippen molar-refractivity contribution in [2.75, 3.05) is 12.3 Å². The van der Waals surface area contributed by atoms with E-state index in [0.29, 0.717) is 18.9 Å². The number of ether oxygens (including phenoxy) is 1. The van der Waals surface area contributed by atoms with Crippen LogP contribution in [0, 0.1) is 11.8 Å². The second-order valence-corrected chi connectivity index (χ2v) is 9.07. The van der Waals surface area contributed by atoms with E-state index in [9.17, 15) is 13.2 Å². The number of sulfone groups is 1. The summed E-state index contributed by atoms with van der Waals surface area (Å²) in [6.07, 6.45) is 2.41. The lowest BCUT2D eigenvalue weighted by atomic mass is 9.82. The van der Waals surface area contributed by atoms with E-state index in [2.05, 4.69) is 0 Å². The predicted molar refractivity (Wildman–Crippen MR) is 79.0 cm³/mol. The van der Waals surface area contributed by atoms with Crippen LogP contribution in [0.5, 0.6) is 0 Å². The van der Waals surface area contributed by atoms with Gasteiger partial charge in [0.15, 0.2) is 9.84 Å². The number of rotatable bonds is 4. The molecule has 0 aromatic carbocycles. The molecule has 0 heterocycles. The molecule has 1 aliphatic rings. The molecule has 3 atom stereocenters. The van der Waals surface area contributed by atoms with Gasteiger partial charge in [-0.1, -0.05) is 13.3 Å². The second-order valence-electron chi connectivity index (χ2n) is 6.85. The normalized spacial score (nSPS) is 28.1. The highest BCUT2D eigenvalue weighted by Crippen LogP contribution is 2.33. The van der Waals surface area contributed by atoms with Crippen molar-refractivity contribution >= 4 is 15.8 Å². The van der Waals surface area contributed by atoms with E-state index in [-0.39, 0.29) is 5.92 Å². The Bertz CT molecular complexity index is 439. The van der Waals surface area contributed by atoms with E-state index in [1.54, 1.807) is 20.8 Å². The molecule has 0 saturated heterocycles. The third-order valence-corrected chi connectivity index (χ3v) is 5.83. The number of esters is 1. The summed E-state index contributed by atoms with van der Waals surface area (Å²) in [5, 5.41) is -0.510. The molecule has 0 radical (unpaired) electrons. The van der Waals surface area contributed by atoms with Crippen LogP contribution in [0.1, 0.15) is 47.0 Å². The molecule has 118 valence electrons. The molecule has 20 heavy (non-hydrogen) atoms. The molecule has 0 aromatic heterocycles. The van der Waals surface area contributed by atoms with Gasteiger partial charge in [0.25, 0.3) is 0 Å². The van der Waals surface area contributed by atoms with Crippen LogP contribution in [0.4, 0.5) is 0 Å². The highest BCUT2D eigenvalue weighted by atomic mass is 32.2. The monoisotopic (exact) mass is 305 g/mol. The minimum Gasteiger partial charge on any atom is -0.459 e. The minimum atomic E-state index is -3.50. The van der Waals surface area contributed by atoms with Crippen LogP contribution in [0.15, 0.2) is 0 Å². The average Bonchev–Trinajstić information content (AvgIpc) is 2.25. The fourth-order valence-corrected chi connectivity index (χ4v) is 4.80. The third-order valence-electron chi connectivity index (χ3n) is 3.69. The van der Waals surface area contributed by atoms with E-state index in [0.717, 1.165) is 12.8 Å². The van der Waals surface area contributed by atoms with Gasteiger partial charge in [-0.2, -0.15) is 0 Å². The smallest absolute Gasteiger partial charge is 0.321 e. The van der Waals surface area contributed by atoms with Gasteiger partial charge >= 0.3 is 5.97 Å². The van der Waals surface area contributed by atoms with Crippen molar-refractivity contribution in [2.24, 2.45) is 17.6 Å². The Morgan fingerprint density at radius 3 is 2.40 bits per heavy atom. The molecule has 5 nitrogen and oxygen atoms in total. The van der Waals surface area contributed by atoms with E-state index in [4.69, 9.17) is 10.5 Å². The topological polar surface area (TPSA) is 86.5 Å². The molecule has 1 fully saturated rings. The fourth-order valence-electron chi connectivity index (χ4n) is 2.74. The van der Waals surface area contributed by atoms with Crippen LogP contribution in [0.2, 0.25) is 0 Å². The van der Waals surface area contributed by atoms with Gasteiger partial charge in [0.1, 0.15) is 11.4 Å². The molecule has 0 aliphatic heterocycles. The lowest BCUT2D eigenvalue weighted by Crippen LogP contribution is -2.42. The first-order chi connectivity index (χ1) is 9.05. The molecule has 1 aliphatic carbocycles. The summed E-state index contributed by atoms with van der Waals surface area (Å²) >= 11 is 0. The Labute approximate surface area is 122 Å². The fraction of sp³-hybridized carbons (Fsp3) is 0.929. The lowest BCUT2D eigenvalue weighted by molar-refractivity contribution is -0.151. The van der Waals surface area contributed by atoms with E-state index in [1.165, 1.54) is 0 Å². The quantitative estimate of drug-likeness (QED) is 0.796. The first-order valence-corrected chi connectivity index (χ1v) is 8.90. The van der Waals surface area contributed by atoms with E-state index >= 15 is 0 Å². The van der Waals surface area contributed by atoms with Gasteiger partial charge in [0.05, 0.1) is 5.25 Å². The molecule has 6 heteroatoms. The number of carbonyl (C=O) groups excluding carboxylic acids is 1. The SMILES string of the molecule is CC1CCC(CN)C(S(=O)(=O)CC(=O)OC(C)(C)C)C1. The Balaban J connectivity index is 2.78. The number of hydrogen-bond donors (Lipinski definition) is 1. The van der Waals surface area contributed by atoms with Crippen LogP contribution in [0.3, 0.4) is 0 Å². The van der Waals surface area contributed by atoms with Gasteiger partial charge in [0.2, 0.25) is 0 Å². The van der Waals surface area contributed by atoms with Crippen LogP contribution < -0.4 is 5.73 Å². The summed E-state index contributed by atoms with van der Waals surface area (Å²) in [6, 6.07) is 0. The summed E-state index contributed by atoms with van der Waals surface area (Å²) in [6.45, 7) is 7.57. The standard InChI is InChI=1S/C14H27NO4S/c1-10-5-6-11(8-15)12(7-10)20(17,18)9-13(16)19-14(2,3)4/h10-12H,5-9,15H2,1-4H3. The van der Waals surface area contributed by atoms with Crippen molar-refractivity contribution in [2.45, 2.75) is 57.8 Å². The molecule has 3 unspecified atom stereocenters. The maximum absolute atomic E-state index is 12.4. The summed E-state index contributed by atoms with van der Waals surface area (Å²) in [5.41, 5.74) is 5.02. The first-order valence-electron chi connectivity index (χ1n) is 7.18. The number of carbonyl (C=O) groups is 1. The molecule has 0 aromatic rings. The van der Waals surface area contributed by atoms with E-state index < -0.39 is 32.4 Å². The van der Waals surface area contributed by atoms with Crippen molar-refractivity contribution in [3.05, 3.63) is 0 Å². The Kier molecular flexibility index (Phi) is 5.61. The van der Waals surface area contributed by atoms with Crippen LogP contribution in [-0.4, -0.2) is 37.5 Å². The van der Waals surface area contributed by atoms with Crippen LogP contribution in [-0.2, 0) is 19.4 Å². The molecule has 0 amide bonds. The van der Waals surface area contributed by atoms with Crippen LogP contribution >= 0.6 is 0 Å². The minimum absolute atomic E-state index is 0.0429. The van der Waals surface area contributed by atoms with Crippen molar-refractivity contribution in [3.63, 3.8) is 0 Å². The maximum atomic E-state index is 12.4. The zero-order valence-electron chi connectivity index (χ0n) is 12.9. The molecule has 0 bridgehead atoms. The molecule has 0 spiro atoms. The Morgan fingerprint density at radius 2 is 1.90 bits per heavy atom.